The van der Waals surface area contributed by atoms with Gasteiger partial charge in [-0.2, -0.15) is 0 Å². The van der Waals surface area contributed by atoms with Crippen LogP contribution >= 0.6 is 15.9 Å². The summed E-state index contributed by atoms with van der Waals surface area (Å²) in [6.45, 7) is 1.15. The number of carbonyl (C=O) groups is 2. The molecule has 1 aromatic carbocycles. The Morgan fingerprint density at radius 3 is 2.79 bits per heavy atom. The van der Waals surface area contributed by atoms with E-state index in [1.54, 1.807) is 19.2 Å². The summed E-state index contributed by atoms with van der Waals surface area (Å²) in [5, 5.41) is 14.4. The standard InChI is InChI=1S/C12H15BrN2O4/c1-19-5-4-14-7-11(16)15-10-6-8(13)2-3-9(10)12(17)18/h2-3,6,14H,4-5,7H2,1H3,(H,15,16)(H,17,18). The van der Waals surface area contributed by atoms with Gasteiger partial charge in [0, 0.05) is 18.1 Å². The zero-order valence-electron chi connectivity index (χ0n) is 10.4. The van der Waals surface area contributed by atoms with Gasteiger partial charge in [-0.25, -0.2) is 4.79 Å². The first-order chi connectivity index (χ1) is 9.04. The number of carboxylic acids is 1. The first-order valence-corrected chi connectivity index (χ1v) is 6.36. The lowest BCUT2D eigenvalue weighted by molar-refractivity contribution is -0.115. The van der Waals surface area contributed by atoms with E-state index >= 15 is 0 Å². The molecule has 19 heavy (non-hydrogen) atoms. The largest absolute Gasteiger partial charge is 0.478 e. The fourth-order valence-electron chi connectivity index (χ4n) is 1.38. The number of anilines is 1. The number of hydrogen-bond donors (Lipinski definition) is 3. The first-order valence-electron chi connectivity index (χ1n) is 5.57. The summed E-state index contributed by atoms with van der Waals surface area (Å²) >= 11 is 3.23. The van der Waals surface area contributed by atoms with Gasteiger partial charge in [-0.3, -0.25) is 4.79 Å². The second-order valence-corrected chi connectivity index (χ2v) is 4.63. The lowest BCUT2D eigenvalue weighted by Gasteiger charge is -2.09. The Morgan fingerprint density at radius 1 is 1.42 bits per heavy atom. The molecule has 0 aromatic heterocycles. The molecule has 0 saturated carbocycles. The molecule has 0 atom stereocenters. The molecule has 6 nitrogen and oxygen atoms in total. The van der Waals surface area contributed by atoms with Gasteiger partial charge in [-0.15, -0.1) is 0 Å². The van der Waals surface area contributed by atoms with Gasteiger partial charge in [0.25, 0.3) is 0 Å². The van der Waals surface area contributed by atoms with Crippen molar-refractivity contribution >= 4 is 33.5 Å². The summed E-state index contributed by atoms with van der Waals surface area (Å²) in [4.78, 5) is 22.7. The Morgan fingerprint density at radius 2 is 2.16 bits per heavy atom. The summed E-state index contributed by atoms with van der Waals surface area (Å²) in [5.41, 5.74) is 0.314. The molecule has 1 rings (SSSR count). The van der Waals surface area contributed by atoms with Gasteiger partial charge < -0.3 is 20.5 Å². The summed E-state index contributed by atoms with van der Waals surface area (Å²) in [6.07, 6.45) is 0. The predicted molar refractivity (Wildman–Crippen MR) is 74.5 cm³/mol. The molecule has 1 aromatic rings. The minimum absolute atomic E-state index is 0.0495. The van der Waals surface area contributed by atoms with Crippen molar-refractivity contribution in [3.8, 4) is 0 Å². The van der Waals surface area contributed by atoms with Crippen molar-refractivity contribution in [1.29, 1.82) is 0 Å². The lowest BCUT2D eigenvalue weighted by atomic mass is 10.2. The average Bonchev–Trinajstić information content (AvgIpc) is 2.34. The Balaban J connectivity index is 2.62. The predicted octanol–water partition coefficient (Wildman–Crippen LogP) is 1.32. The fourth-order valence-corrected chi connectivity index (χ4v) is 1.74. The Kier molecular flexibility index (Phi) is 6.48. The highest BCUT2D eigenvalue weighted by atomic mass is 79.9. The van der Waals surface area contributed by atoms with E-state index in [1.807, 2.05) is 0 Å². The molecule has 0 aliphatic heterocycles. The molecular weight excluding hydrogens is 316 g/mol. The number of methoxy groups -OCH3 is 1. The summed E-state index contributed by atoms with van der Waals surface area (Å²) < 4.78 is 5.52. The van der Waals surface area contributed by atoms with Crippen LogP contribution in [0.4, 0.5) is 5.69 Å². The fraction of sp³-hybridized carbons (Fsp3) is 0.333. The van der Waals surface area contributed by atoms with Crippen LogP contribution in [-0.4, -0.2) is 43.8 Å². The van der Waals surface area contributed by atoms with E-state index in [4.69, 9.17) is 9.84 Å². The van der Waals surface area contributed by atoms with Crippen molar-refractivity contribution < 1.29 is 19.4 Å². The van der Waals surface area contributed by atoms with E-state index in [0.29, 0.717) is 17.6 Å². The van der Waals surface area contributed by atoms with E-state index in [0.717, 1.165) is 0 Å². The minimum atomic E-state index is -1.09. The molecule has 0 aliphatic rings. The van der Waals surface area contributed by atoms with Crippen molar-refractivity contribution in [3.05, 3.63) is 28.2 Å². The number of benzene rings is 1. The molecule has 0 radical (unpaired) electrons. The minimum Gasteiger partial charge on any atom is -0.478 e. The molecule has 0 fully saturated rings. The maximum Gasteiger partial charge on any atom is 0.337 e. The second kappa shape index (κ2) is 7.88. The number of ether oxygens (including phenoxy) is 1. The maximum absolute atomic E-state index is 11.6. The molecule has 0 spiro atoms. The van der Waals surface area contributed by atoms with Crippen molar-refractivity contribution in [1.82, 2.24) is 5.32 Å². The number of rotatable bonds is 7. The number of carboxylic acid groups (broad SMARTS) is 1. The Hall–Kier alpha value is -1.44. The molecule has 0 bridgehead atoms. The molecule has 7 heteroatoms. The van der Waals surface area contributed by atoms with E-state index in [2.05, 4.69) is 26.6 Å². The number of carbonyl (C=O) groups excluding carboxylic acids is 1. The SMILES string of the molecule is COCCNCC(=O)Nc1cc(Br)ccc1C(=O)O. The van der Waals surface area contributed by atoms with Gasteiger partial charge in [0.05, 0.1) is 24.4 Å². The van der Waals surface area contributed by atoms with Crippen molar-refractivity contribution in [2.45, 2.75) is 0 Å². The third-order valence-electron chi connectivity index (χ3n) is 2.25. The van der Waals surface area contributed by atoms with Gasteiger partial charge in [0.15, 0.2) is 0 Å². The average molecular weight is 331 g/mol. The zero-order chi connectivity index (χ0) is 14.3. The van der Waals surface area contributed by atoms with Gasteiger partial charge in [0.2, 0.25) is 5.91 Å². The van der Waals surface area contributed by atoms with Crippen LogP contribution < -0.4 is 10.6 Å². The number of nitrogens with one attached hydrogen (secondary N) is 2. The molecule has 1 amide bonds. The normalized spacial score (nSPS) is 10.2. The van der Waals surface area contributed by atoms with Crippen LogP contribution in [-0.2, 0) is 9.53 Å². The van der Waals surface area contributed by atoms with E-state index < -0.39 is 5.97 Å². The van der Waals surface area contributed by atoms with Gasteiger partial charge >= 0.3 is 5.97 Å². The molecule has 3 N–H and O–H groups in total. The van der Waals surface area contributed by atoms with Crippen LogP contribution in [0.1, 0.15) is 10.4 Å². The highest BCUT2D eigenvalue weighted by molar-refractivity contribution is 9.10. The lowest BCUT2D eigenvalue weighted by Crippen LogP contribution is -2.30. The van der Waals surface area contributed by atoms with Crippen LogP contribution in [0, 0.1) is 0 Å². The molecule has 0 aliphatic carbocycles. The van der Waals surface area contributed by atoms with E-state index in [9.17, 15) is 9.59 Å². The van der Waals surface area contributed by atoms with Gasteiger partial charge in [-0.1, -0.05) is 15.9 Å². The van der Waals surface area contributed by atoms with Crippen molar-refractivity contribution in [3.63, 3.8) is 0 Å². The molecule has 104 valence electrons. The number of halogens is 1. The van der Waals surface area contributed by atoms with E-state index in [-0.39, 0.29) is 23.7 Å². The smallest absolute Gasteiger partial charge is 0.337 e. The maximum atomic E-state index is 11.6. The molecular formula is C12H15BrN2O4. The van der Waals surface area contributed by atoms with Crippen molar-refractivity contribution in [2.75, 3.05) is 32.1 Å². The highest BCUT2D eigenvalue weighted by Crippen LogP contribution is 2.21. The second-order valence-electron chi connectivity index (χ2n) is 3.71. The third-order valence-corrected chi connectivity index (χ3v) is 2.75. The third kappa shape index (κ3) is 5.37. The van der Waals surface area contributed by atoms with Crippen LogP contribution in [0.3, 0.4) is 0 Å². The Labute approximate surface area is 119 Å². The van der Waals surface area contributed by atoms with Crippen LogP contribution in [0.25, 0.3) is 0 Å². The Bertz CT molecular complexity index is 465. The zero-order valence-corrected chi connectivity index (χ0v) is 12.0. The first kappa shape index (κ1) is 15.6. The summed E-state index contributed by atoms with van der Waals surface area (Å²) in [6, 6.07) is 4.59. The monoisotopic (exact) mass is 330 g/mol. The molecule has 0 heterocycles. The number of aromatic carboxylic acids is 1. The van der Waals surface area contributed by atoms with Gasteiger partial charge in [0.1, 0.15) is 0 Å². The van der Waals surface area contributed by atoms with Crippen LogP contribution in [0.5, 0.6) is 0 Å². The van der Waals surface area contributed by atoms with Crippen molar-refractivity contribution in [2.24, 2.45) is 0 Å². The number of amides is 1. The topological polar surface area (TPSA) is 87.7 Å². The number of hydrogen-bond acceptors (Lipinski definition) is 4. The highest BCUT2D eigenvalue weighted by Gasteiger charge is 2.12. The quantitative estimate of drug-likeness (QED) is 0.656. The summed E-state index contributed by atoms with van der Waals surface area (Å²) in [7, 11) is 1.57. The van der Waals surface area contributed by atoms with E-state index in [1.165, 1.54) is 6.07 Å². The van der Waals surface area contributed by atoms with Crippen LogP contribution in [0.2, 0.25) is 0 Å². The molecule has 0 unspecified atom stereocenters. The van der Waals surface area contributed by atoms with Gasteiger partial charge in [-0.05, 0) is 18.2 Å². The van der Waals surface area contributed by atoms with Crippen LogP contribution in [0.15, 0.2) is 22.7 Å². The molecule has 0 saturated heterocycles. The summed E-state index contributed by atoms with van der Waals surface area (Å²) in [5.74, 6) is -1.40.